The molecule has 1 fully saturated rings. The van der Waals surface area contributed by atoms with Gasteiger partial charge in [-0.15, -0.1) is 0 Å². The number of rotatable bonds is 5. The molecule has 158 valence electrons. The Morgan fingerprint density at radius 1 is 1.34 bits per heavy atom. The second-order valence-electron chi connectivity index (χ2n) is 6.98. The molecule has 1 unspecified atom stereocenters. The Morgan fingerprint density at radius 3 is 2.62 bits per heavy atom. The highest BCUT2D eigenvalue weighted by molar-refractivity contribution is 8.00. The summed E-state index contributed by atoms with van der Waals surface area (Å²) in [6.45, 7) is 2.09. The van der Waals surface area contributed by atoms with Crippen molar-refractivity contribution in [1.82, 2.24) is 19.7 Å². The SMILES string of the molecule is Cn1nc(C(F)F)cc1SC(C)(F)C1CCN(C(=O)Nc2ccnc(F)c2)CC1. The zero-order valence-electron chi connectivity index (χ0n) is 15.9. The number of alkyl halides is 3. The van der Waals surface area contributed by atoms with Crippen molar-refractivity contribution in [2.45, 2.75) is 36.2 Å². The molecule has 0 aliphatic carbocycles. The van der Waals surface area contributed by atoms with E-state index in [2.05, 4.69) is 15.4 Å². The van der Waals surface area contributed by atoms with E-state index in [1.165, 1.54) is 41.9 Å². The molecule has 3 rings (SSSR count). The number of hydrogen-bond donors (Lipinski definition) is 1. The van der Waals surface area contributed by atoms with Gasteiger partial charge in [-0.2, -0.15) is 9.49 Å². The number of piperidine rings is 1. The topological polar surface area (TPSA) is 63.1 Å². The van der Waals surface area contributed by atoms with Gasteiger partial charge in [0.05, 0.1) is 5.03 Å². The summed E-state index contributed by atoms with van der Waals surface area (Å²) in [5.41, 5.74) is -0.0913. The third-order valence-corrected chi connectivity index (χ3v) is 6.20. The van der Waals surface area contributed by atoms with Crippen molar-refractivity contribution in [3.63, 3.8) is 0 Å². The Balaban J connectivity index is 1.57. The van der Waals surface area contributed by atoms with Crippen molar-refractivity contribution in [3.05, 3.63) is 36.0 Å². The molecule has 6 nitrogen and oxygen atoms in total. The molecule has 2 aromatic rings. The molecular weight excluding hydrogens is 410 g/mol. The van der Waals surface area contributed by atoms with Crippen molar-refractivity contribution < 1.29 is 22.4 Å². The molecule has 1 saturated heterocycles. The molecule has 0 aromatic carbocycles. The zero-order valence-corrected chi connectivity index (χ0v) is 16.7. The minimum absolute atomic E-state index is 0.293. The maximum atomic E-state index is 15.3. The van der Waals surface area contributed by atoms with Crippen LogP contribution in [0.1, 0.15) is 31.9 Å². The summed E-state index contributed by atoms with van der Waals surface area (Å²) in [6, 6.07) is 3.39. The molecule has 0 spiro atoms. The molecule has 0 bridgehead atoms. The molecule has 0 saturated carbocycles. The number of hydrogen-bond acceptors (Lipinski definition) is 4. The number of aryl methyl sites for hydroxylation is 1. The second-order valence-corrected chi connectivity index (χ2v) is 8.40. The van der Waals surface area contributed by atoms with Crippen molar-refractivity contribution in [3.8, 4) is 0 Å². The van der Waals surface area contributed by atoms with Gasteiger partial charge in [-0.3, -0.25) is 4.68 Å². The van der Waals surface area contributed by atoms with Gasteiger partial charge in [-0.25, -0.2) is 22.9 Å². The Kier molecular flexibility index (Phi) is 6.35. The van der Waals surface area contributed by atoms with Gasteiger partial charge in [-0.1, -0.05) is 11.8 Å². The lowest BCUT2D eigenvalue weighted by atomic mass is 9.92. The highest BCUT2D eigenvalue weighted by Gasteiger charge is 2.39. The molecular formula is C18H21F4N5OS. The average Bonchev–Trinajstić information content (AvgIpc) is 3.02. The number of carbonyl (C=O) groups is 1. The molecule has 2 aromatic heterocycles. The van der Waals surface area contributed by atoms with Gasteiger partial charge < -0.3 is 10.2 Å². The summed E-state index contributed by atoms with van der Waals surface area (Å²) in [7, 11) is 1.50. The summed E-state index contributed by atoms with van der Waals surface area (Å²) in [6.07, 6.45) is -0.632. The number of nitrogens with one attached hydrogen (secondary N) is 1. The zero-order chi connectivity index (χ0) is 21.2. The monoisotopic (exact) mass is 431 g/mol. The minimum atomic E-state index is -2.71. The fourth-order valence-electron chi connectivity index (χ4n) is 3.24. The summed E-state index contributed by atoms with van der Waals surface area (Å²) < 4.78 is 55.3. The Labute approximate surface area is 169 Å². The summed E-state index contributed by atoms with van der Waals surface area (Å²) in [4.78, 5) is 17.3. The van der Waals surface area contributed by atoms with E-state index in [0.29, 0.717) is 36.6 Å². The quantitative estimate of drug-likeness (QED) is 0.427. The summed E-state index contributed by atoms with van der Waals surface area (Å²) in [5, 5.41) is 4.92. The van der Waals surface area contributed by atoms with Crippen LogP contribution >= 0.6 is 11.8 Å². The van der Waals surface area contributed by atoms with Crippen LogP contribution in [0, 0.1) is 11.9 Å². The van der Waals surface area contributed by atoms with Gasteiger partial charge >= 0.3 is 6.03 Å². The number of pyridine rings is 1. The van der Waals surface area contributed by atoms with Gasteiger partial charge in [0, 0.05) is 44.0 Å². The van der Waals surface area contributed by atoms with Gasteiger partial charge in [0.1, 0.15) is 5.69 Å². The molecule has 1 aliphatic heterocycles. The molecule has 3 heterocycles. The number of aromatic nitrogens is 3. The Morgan fingerprint density at radius 2 is 2.03 bits per heavy atom. The number of likely N-dealkylation sites (tertiary alicyclic amines) is 1. The number of halogens is 4. The summed E-state index contributed by atoms with van der Waals surface area (Å²) >= 11 is 0.864. The van der Waals surface area contributed by atoms with Crippen LogP contribution in [-0.2, 0) is 7.05 Å². The normalized spacial score (nSPS) is 17.4. The van der Waals surface area contributed by atoms with Gasteiger partial charge in [0.15, 0.2) is 5.00 Å². The van der Waals surface area contributed by atoms with Crippen LogP contribution in [0.3, 0.4) is 0 Å². The van der Waals surface area contributed by atoms with Gasteiger partial charge in [0.25, 0.3) is 6.43 Å². The highest BCUT2D eigenvalue weighted by Crippen LogP contribution is 2.44. The first-order chi connectivity index (χ1) is 13.7. The fraction of sp³-hybridized carbons (Fsp3) is 0.500. The van der Waals surface area contributed by atoms with Gasteiger partial charge in [-0.05, 0) is 31.9 Å². The standard InChI is InChI=1S/C18H21F4N5OS/c1-18(22,29-15-10-13(16(20)21)25-26(15)2)11-4-7-27(8-5-11)17(28)24-12-3-6-23-14(19)9-12/h3,6,9-11,16H,4-5,7-8H2,1-2H3,(H,23,24,28). The van der Waals surface area contributed by atoms with Crippen molar-refractivity contribution in [1.29, 1.82) is 0 Å². The number of thioether (sulfide) groups is 1. The molecule has 1 N–H and O–H groups in total. The van der Waals surface area contributed by atoms with Crippen LogP contribution in [0.2, 0.25) is 0 Å². The third-order valence-electron chi connectivity index (χ3n) is 4.87. The fourth-order valence-corrected chi connectivity index (χ4v) is 4.41. The molecule has 11 heteroatoms. The van der Waals surface area contributed by atoms with Crippen molar-refractivity contribution >= 4 is 23.5 Å². The maximum Gasteiger partial charge on any atom is 0.321 e. The number of urea groups is 1. The molecule has 1 aliphatic rings. The predicted molar refractivity (Wildman–Crippen MR) is 101 cm³/mol. The smallest absolute Gasteiger partial charge is 0.321 e. The van der Waals surface area contributed by atoms with Crippen LogP contribution in [0.25, 0.3) is 0 Å². The van der Waals surface area contributed by atoms with E-state index in [1.54, 1.807) is 0 Å². The van der Waals surface area contributed by atoms with Crippen molar-refractivity contribution in [2.24, 2.45) is 13.0 Å². The molecule has 29 heavy (non-hydrogen) atoms. The predicted octanol–water partition coefficient (Wildman–Crippen LogP) is 4.61. The van der Waals surface area contributed by atoms with Crippen LogP contribution in [0.15, 0.2) is 29.4 Å². The van der Waals surface area contributed by atoms with Crippen LogP contribution in [0.4, 0.5) is 28.0 Å². The molecule has 1 atom stereocenters. The first kappa shape index (κ1) is 21.4. The first-order valence-electron chi connectivity index (χ1n) is 9.03. The van der Waals surface area contributed by atoms with E-state index >= 15 is 4.39 Å². The van der Waals surface area contributed by atoms with E-state index in [-0.39, 0.29) is 11.6 Å². The van der Waals surface area contributed by atoms with E-state index in [1.807, 2.05) is 0 Å². The number of anilines is 1. The summed E-state index contributed by atoms with van der Waals surface area (Å²) in [5.74, 6) is -1.06. The van der Waals surface area contributed by atoms with Gasteiger partial charge in [0.2, 0.25) is 5.95 Å². The number of nitrogens with zero attached hydrogens (tertiary/aromatic N) is 4. The maximum absolute atomic E-state index is 15.3. The number of carbonyl (C=O) groups excluding carboxylic acids is 1. The minimum Gasteiger partial charge on any atom is -0.325 e. The van der Waals surface area contributed by atoms with E-state index < -0.39 is 23.4 Å². The first-order valence-corrected chi connectivity index (χ1v) is 9.85. The Bertz CT molecular complexity index is 868. The second kappa shape index (κ2) is 8.60. The molecule has 2 amide bonds. The van der Waals surface area contributed by atoms with Crippen LogP contribution in [-0.4, -0.2) is 43.8 Å². The lowest BCUT2D eigenvalue weighted by Gasteiger charge is -2.37. The van der Waals surface area contributed by atoms with Crippen LogP contribution in [0.5, 0.6) is 0 Å². The van der Waals surface area contributed by atoms with Crippen molar-refractivity contribution in [2.75, 3.05) is 18.4 Å². The van der Waals surface area contributed by atoms with Crippen LogP contribution < -0.4 is 5.32 Å². The van der Waals surface area contributed by atoms with E-state index in [9.17, 15) is 18.0 Å². The van der Waals surface area contributed by atoms with E-state index in [0.717, 1.165) is 17.8 Å². The third kappa shape index (κ3) is 5.20. The Hall–Kier alpha value is -2.30. The van der Waals surface area contributed by atoms with E-state index in [4.69, 9.17) is 0 Å². The highest BCUT2D eigenvalue weighted by atomic mass is 32.2. The lowest BCUT2D eigenvalue weighted by Crippen LogP contribution is -2.44. The number of amides is 2. The lowest BCUT2D eigenvalue weighted by molar-refractivity contribution is 0.124. The molecule has 0 radical (unpaired) electrons. The largest absolute Gasteiger partial charge is 0.325 e. The average molecular weight is 431 g/mol.